The van der Waals surface area contributed by atoms with Crippen molar-refractivity contribution in [1.82, 2.24) is 5.32 Å². The van der Waals surface area contributed by atoms with Crippen LogP contribution in [0.4, 0.5) is 0 Å². The summed E-state index contributed by atoms with van der Waals surface area (Å²) in [7, 11) is -2.88. The van der Waals surface area contributed by atoms with Gasteiger partial charge >= 0.3 is 0 Å². The van der Waals surface area contributed by atoms with Crippen LogP contribution in [0.25, 0.3) is 0 Å². The normalized spacial score (nSPS) is 32.9. The summed E-state index contributed by atoms with van der Waals surface area (Å²) < 4.78 is 22.7. The first kappa shape index (κ1) is 10.9. The molecule has 1 amide bonds. The molecule has 5 nitrogen and oxygen atoms in total. The third kappa shape index (κ3) is 1.88. The molecule has 0 aromatic heterocycles. The number of rotatable bonds is 1. The average molecular weight is 232 g/mol. The summed E-state index contributed by atoms with van der Waals surface area (Å²) in [6, 6.07) is 0. The van der Waals surface area contributed by atoms with E-state index in [4.69, 9.17) is 5.73 Å². The van der Waals surface area contributed by atoms with E-state index in [2.05, 4.69) is 5.32 Å². The molecule has 2 fully saturated rings. The van der Waals surface area contributed by atoms with Crippen molar-refractivity contribution in [2.75, 3.05) is 24.6 Å². The summed E-state index contributed by atoms with van der Waals surface area (Å²) in [4.78, 5) is 11.3. The molecule has 2 aliphatic rings. The molecular formula is C9H16N2O3S. The molecule has 86 valence electrons. The summed E-state index contributed by atoms with van der Waals surface area (Å²) in [5.41, 5.74) is 5.15. The molecule has 0 aromatic rings. The molecular weight excluding hydrogens is 216 g/mol. The SMILES string of the molecule is NC(=O)C1CNCC12CCS(=O)(=O)CC2. The van der Waals surface area contributed by atoms with Gasteiger partial charge in [-0.15, -0.1) is 0 Å². The Morgan fingerprint density at radius 3 is 2.47 bits per heavy atom. The zero-order chi connectivity index (χ0) is 11.1. The minimum atomic E-state index is -2.88. The lowest BCUT2D eigenvalue weighted by Gasteiger charge is -2.36. The monoisotopic (exact) mass is 232 g/mol. The highest BCUT2D eigenvalue weighted by molar-refractivity contribution is 7.91. The van der Waals surface area contributed by atoms with E-state index in [1.54, 1.807) is 0 Å². The van der Waals surface area contributed by atoms with Gasteiger partial charge in [-0.25, -0.2) is 8.42 Å². The Morgan fingerprint density at radius 2 is 1.93 bits per heavy atom. The van der Waals surface area contributed by atoms with Crippen LogP contribution < -0.4 is 11.1 Å². The zero-order valence-corrected chi connectivity index (χ0v) is 9.35. The molecule has 0 aliphatic carbocycles. The van der Waals surface area contributed by atoms with Gasteiger partial charge in [0.1, 0.15) is 9.84 Å². The highest BCUT2D eigenvalue weighted by Gasteiger charge is 2.48. The van der Waals surface area contributed by atoms with Crippen molar-refractivity contribution in [2.24, 2.45) is 17.1 Å². The topological polar surface area (TPSA) is 89.3 Å². The van der Waals surface area contributed by atoms with E-state index in [0.29, 0.717) is 19.4 Å². The lowest BCUT2D eigenvalue weighted by atomic mass is 9.73. The molecule has 2 rings (SSSR count). The second-order valence-electron chi connectivity index (χ2n) is 4.60. The van der Waals surface area contributed by atoms with E-state index in [9.17, 15) is 13.2 Å². The van der Waals surface area contributed by atoms with Crippen molar-refractivity contribution in [3.05, 3.63) is 0 Å². The van der Waals surface area contributed by atoms with Gasteiger partial charge in [0, 0.05) is 13.1 Å². The Bertz CT molecular complexity index is 363. The number of sulfone groups is 1. The summed E-state index contributed by atoms with van der Waals surface area (Å²) >= 11 is 0. The van der Waals surface area contributed by atoms with E-state index in [1.807, 2.05) is 0 Å². The van der Waals surface area contributed by atoms with Gasteiger partial charge in [0.15, 0.2) is 0 Å². The van der Waals surface area contributed by atoms with Crippen molar-refractivity contribution >= 4 is 15.7 Å². The standard InChI is InChI=1S/C9H16N2O3S/c10-8(12)7-5-11-6-9(7)1-3-15(13,14)4-2-9/h7,11H,1-6H2,(H2,10,12). The van der Waals surface area contributed by atoms with Crippen LogP contribution in [0.15, 0.2) is 0 Å². The first-order valence-electron chi connectivity index (χ1n) is 5.16. The van der Waals surface area contributed by atoms with E-state index in [-0.39, 0.29) is 28.7 Å². The minimum Gasteiger partial charge on any atom is -0.369 e. The van der Waals surface area contributed by atoms with Gasteiger partial charge in [0.05, 0.1) is 17.4 Å². The Labute approximate surface area is 89.3 Å². The second kappa shape index (κ2) is 3.45. The Balaban J connectivity index is 2.18. The molecule has 15 heavy (non-hydrogen) atoms. The third-order valence-electron chi connectivity index (χ3n) is 3.73. The molecule has 1 atom stereocenters. The predicted octanol–water partition coefficient (Wildman–Crippen LogP) is -1.11. The van der Waals surface area contributed by atoms with Crippen molar-refractivity contribution in [3.63, 3.8) is 0 Å². The van der Waals surface area contributed by atoms with Crippen molar-refractivity contribution < 1.29 is 13.2 Å². The average Bonchev–Trinajstić information content (AvgIpc) is 2.55. The van der Waals surface area contributed by atoms with Crippen LogP contribution >= 0.6 is 0 Å². The van der Waals surface area contributed by atoms with Crippen molar-refractivity contribution in [2.45, 2.75) is 12.8 Å². The smallest absolute Gasteiger partial charge is 0.222 e. The fourth-order valence-corrected chi connectivity index (χ4v) is 4.32. The number of primary amides is 1. The third-order valence-corrected chi connectivity index (χ3v) is 5.38. The Kier molecular flexibility index (Phi) is 2.50. The van der Waals surface area contributed by atoms with Gasteiger partial charge < -0.3 is 11.1 Å². The first-order chi connectivity index (χ1) is 6.95. The molecule has 0 saturated carbocycles. The highest BCUT2D eigenvalue weighted by atomic mass is 32.2. The van der Waals surface area contributed by atoms with E-state index in [0.717, 1.165) is 6.54 Å². The van der Waals surface area contributed by atoms with Crippen LogP contribution in [0.2, 0.25) is 0 Å². The molecule has 2 heterocycles. The lowest BCUT2D eigenvalue weighted by molar-refractivity contribution is -0.124. The predicted molar refractivity (Wildman–Crippen MR) is 55.9 cm³/mol. The van der Waals surface area contributed by atoms with Crippen LogP contribution in [-0.4, -0.2) is 38.9 Å². The highest BCUT2D eigenvalue weighted by Crippen LogP contribution is 2.41. The summed E-state index contributed by atoms with van der Waals surface area (Å²) in [5, 5.41) is 3.15. The number of hydrogen-bond acceptors (Lipinski definition) is 4. The molecule has 2 saturated heterocycles. The summed E-state index contributed by atoms with van der Waals surface area (Å²) in [6.45, 7) is 1.31. The number of nitrogens with two attached hydrogens (primary N) is 1. The molecule has 6 heteroatoms. The van der Waals surface area contributed by atoms with Crippen LogP contribution in [0, 0.1) is 11.3 Å². The van der Waals surface area contributed by atoms with Gasteiger partial charge in [-0.1, -0.05) is 0 Å². The van der Waals surface area contributed by atoms with Gasteiger partial charge in [-0.2, -0.15) is 0 Å². The fourth-order valence-electron chi connectivity index (χ4n) is 2.68. The number of carbonyl (C=O) groups is 1. The van der Waals surface area contributed by atoms with Crippen LogP contribution in [0.5, 0.6) is 0 Å². The molecule has 0 radical (unpaired) electrons. The maximum atomic E-state index is 11.3. The quantitative estimate of drug-likeness (QED) is 0.599. The van der Waals surface area contributed by atoms with E-state index >= 15 is 0 Å². The molecule has 0 aromatic carbocycles. The fraction of sp³-hybridized carbons (Fsp3) is 0.889. The summed E-state index contributed by atoms with van der Waals surface area (Å²) in [5.74, 6) is -0.121. The Hall–Kier alpha value is -0.620. The maximum Gasteiger partial charge on any atom is 0.222 e. The number of nitrogens with one attached hydrogen (secondary N) is 1. The maximum absolute atomic E-state index is 11.3. The Morgan fingerprint density at radius 1 is 1.33 bits per heavy atom. The van der Waals surface area contributed by atoms with E-state index < -0.39 is 9.84 Å². The minimum absolute atomic E-state index is 0.193. The van der Waals surface area contributed by atoms with Gasteiger partial charge in [0.2, 0.25) is 5.91 Å². The number of hydrogen-bond donors (Lipinski definition) is 2. The van der Waals surface area contributed by atoms with Crippen LogP contribution in [0.1, 0.15) is 12.8 Å². The molecule has 1 spiro atoms. The second-order valence-corrected chi connectivity index (χ2v) is 6.90. The molecule has 0 bridgehead atoms. The lowest BCUT2D eigenvalue weighted by Crippen LogP contribution is -2.44. The largest absolute Gasteiger partial charge is 0.369 e. The molecule has 1 unspecified atom stereocenters. The number of carbonyl (C=O) groups excluding carboxylic acids is 1. The van der Waals surface area contributed by atoms with E-state index in [1.165, 1.54) is 0 Å². The van der Waals surface area contributed by atoms with Crippen molar-refractivity contribution in [3.8, 4) is 0 Å². The molecule has 3 N–H and O–H groups in total. The van der Waals surface area contributed by atoms with Gasteiger partial charge in [-0.3, -0.25) is 4.79 Å². The van der Waals surface area contributed by atoms with Gasteiger partial charge in [0.25, 0.3) is 0 Å². The van der Waals surface area contributed by atoms with Crippen LogP contribution in [0.3, 0.4) is 0 Å². The number of amides is 1. The zero-order valence-electron chi connectivity index (χ0n) is 8.53. The summed E-state index contributed by atoms with van der Waals surface area (Å²) in [6.07, 6.45) is 1.13. The van der Waals surface area contributed by atoms with Crippen molar-refractivity contribution in [1.29, 1.82) is 0 Å². The molecule has 2 aliphatic heterocycles. The first-order valence-corrected chi connectivity index (χ1v) is 6.98. The van der Waals surface area contributed by atoms with Crippen LogP contribution in [-0.2, 0) is 14.6 Å². The van der Waals surface area contributed by atoms with Gasteiger partial charge in [-0.05, 0) is 18.3 Å².